The van der Waals surface area contributed by atoms with Gasteiger partial charge >= 0.3 is 0 Å². The Bertz CT molecular complexity index is 404. The standard InChI is InChI=1S/C12H17N3O2/c1-14-11(16)6-3-7-15-12(17)9-4-2-5-10(13)8-9/h2,4-5,8H,3,6-7,13H2,1H3,(H,14,16)(H,15,17). The van der Waals surface area contributed by atoms with E-state index in [1.807, 2.05) is 0 Å². The van der Waals surface area contributed by atoms with Crippen molar-refractivity contribution < 1.29 is 9.59 Å². The Hall–Kier alpha value is -2.04. The molecule has 0 spiro atoms. The van der Waals surface area contributed by atoms with E-state index in [0.717, 1.165) is 0 Å². The molecule has 0 aliphatic heterocycles. The molecule has 0 bridgehead atoms. The number of anilines is 1. The van der Waals surface area contributed by atoms with E-state index in [1.165, 1.54) is 0 Å². The average Bonchev–Trinajstić information content (AvgIpc) is 2.34. The summed E-state index contributed by atoms with van der Waals surface area (Å²) in [6.45, 7) is 0.473. The van der Waals surface area contributed by atoms with E-state index in [2.05, 4.69) is 10.6 Å². The van der Waals surface area contributed by atoms with E-state index in [1.54, 1.807) is 31.3 Å². The molecule has 17 heavy (non-hydrogen) atoms. The quantitative estimate of drug-likeness (QED) is 0.514. The molecule has 1 rings (SSSR count). The van der Waals surface area contributed by atoms with Crippen LogP contribution in [-0.4, -0.2) is 25.4 Å². The number of nitrogens with two attached hydrogens (primary N) is 1. The zero-order chi connectivity index (χ0) is 12.7. The number of rotatable bonds is 5. The minimum atomic E-state index is -0.172. The Kier molecular flexibility index (Phi) is 5.00. The SMILES string of the molecule is CNC(=O)CCCNC(=O)c1cccc(N)c1. The minimum absolute atomic E-state index is 0.0248. The van der Waals surface area contributed by atoms with Crippen LogP contribution in [0, 0.1) is 0 Å². The van der Waals surface area contributed by atoms with Crippen LogP contribution in [0.4, 0.5) is 5.69 Å². The molecule has 0 heterocycles. The molecule has 0 aliphatic rings. The summed E-state index contributed by atoms with van der Waals surface area (Å²) >= 11 is 0. The van der Waals surface area contributed by atoms with Crippen LogP contribution in [0.1, 0.15) is 23.2 Å². The lowest BCUT2D eigenvalue weighted by Gasteiger charge is -2.05. The first-order valence-corrected chi connectivity index (χ1v) is 5.48. The molecule has 0 aliphatic carbocycles. The van der Waals surface area contributed by atoms with Gasteiger partial charge in [0.05, 0.1) is 0 Å². The summed E-state index contributed by atoms with van der Waals surface area (Å²) in [5, 5.41) is 5.26. The van der Waals surface area contributed by atoms with Crippen LogP contribution >= 0.6 is 0 Å². The molecule has 4 N–H and O–H groups in total. The van der Waals surface area contributed by atoms with Gasteiger partial charge < -0.3 is 16.4 Å². The summed E-state index contributed by atoms with van der Waals surface area (Å²) in [4.78, 5) is 22.6. The summed E-state index contributed by atoms with van der Waals surface area (Å²) in [6.07, 6.45) is 1.03. The molecule has 0 saturated carbocycles. The molecular formula is C12H17N3O2. The molecule has 0 atom stereocenters. The van der Waals surface area contributed by atoms with Gasteiger partial charge in [-0.2, -0.15) is 0 Å². The van der Waals surface area contributed by atoms with Gasteiger partial charge in [0.25, 0.3) is 5.91 Å². The number of nitrogen functional groups attached to an aromatic ring is 1. The molecule has 0 saturated heterocycles. The maximum Gasteiger partial charge on any atom is 0.251 e. The summed E-state index contributed by atoms with van der Waals surface area (Å²) in [7, 11) is 1.59. The second-order valence-electron chi connectivity index (χ2n) is 3.66. The van der Waals surface area contributed by atoms with Crippen molar-refractivity contribution in [2.45, 2.75) is 12.8 Å². The highest BCUT2D eigenvalue weighted by Crippen LogP contribution is 2.06. The van der Waals surface area contributed by atoms with Gasteiger partial charge in [0, 0.05) is 31.3 Å². The van der Waals surface area contributed by atoms with Gasteiger partial charge in [0.2, 0.25) is 5.91 Å². The number of hydrogen-bond donors (Lipinski definition) is 3. The van der Waals surface area contributed by atoms with E-state index in [4.69, 9.17) is 5.73 Å². The molecule has 0 radical (unpaired) electrons. The first kappa shape index (κ1) is 13.0. The molecule has 0 unspecified atom stereocenters. The monoisotopic (exact) mass is 235 g/mol. The van der Waals surface area contributed by atoms with Crippen LogP contribution in [0.2, 0.25) is 0 Å². The van der Waals surface area contributed by atoms with E-state index in [0.29, 0.717) is 30.6 Å². The molecule has 1 aromatic carbocycles. The number of amides is 2. The smallest absolute Gasteiger partial charge is 0.251 e. The Morgan fingerprint density at radius 2 is 2.12 bits per heavy atom. The van der Waals surface area contributed by atoms with Crippen LogP contribution < -0.4 is 16.4 Å². The molecule has 2 amide bonds. The third-order valence-electron chi connectivity index (χ3n) is 2.29. The van der Waals surface area contributed by atoms with Gasteiger partial charge in [-0.3, -0.25) is 9.59 Å². The zero-order valence-electron chi connectivity index (χ0n) is 9.82. The second kappa shape index (κ2) is 6.52. The molecular weight excluding hydrogens is 218 g/mol. The minimum Gasteiger partial charge on any atom is -0.399 e. The van der Waals surface area contributed by atoms with Crippen LogP contribution in [-0.2, 0) is 4.79 Å². The summed E-state index contributed by atoms with van der Waals surface area (Å²) in [5.74, 6) is -0.197. The lowest BCUT2D eigenvalue weighted by Crippen LogP contribution is -2.26. The zero-order valence-corrected chi connectivity index (χ0v) is 9.82. The number of carbonyl (C=O) groups is 2. The number of hydrogen-bond acceptors (Lipinski definition) is 3. The van der Waals surface area contributed by atoms with Crippen molar-refractivity contribution in [2.75, 3.05) is 19.3 Å². The van der Waals surface area contributed by atoms with Crippen molar-refractivity contribution in [1.29, 1.82) is 0 Å². The van der Waals surface area contributed by atoms with Crippen molar-refractivity contribution in [3.8, 4) is 0 Å². The van der Waals surface area contributed by atoms with Gasteiger partial charge in [-0.25, -0.2) is 0 Å². The maximum atomic E-state index is 11.6. The average molecular weight is 235 g/mol. The summed E-state index contributed by atoms with van der Waals surface area (Å²) < 4.78 is 0. The lowest BCUT2D eigenvalue weighted by atomic mass is 10.2. The fraction of sp³-hybridized carbons (Fsp3) is 0.333. The Morgan fingerprint density at radius 3 is 2.76 bits per heavy atom. The highest BCUT2D eigenvalue weighted by atomic mass is 16.2. The number of benzene rings is 1. The second-order valence-corrected chi connectivity index (χ2v) is 3.66. The molecule has 92 valence electrons. The van der Waals surface area contributed by atoms with Gasteiger partial charge in [-0.15, -0.1) is 0 Å². The highest BCUT2D eigenvalue weighted by molar-refractivity contribution is 5.94. The van der Waals surface area contributed by atoms with Crippen LogP contribution in [0.15, 0.2) is 24.3 Å². The Morgan fingerprint density at radius 1 is 1.35 bits per heavy atom. The third kappa shape index (κ3) is 4.55. The van der Waals surface area contributed by atoms with Crippen molar-refractivity contribution in [3.05, 3.63) is 29.8 Å². The van der Waals surface area contributed by atoms with Gasteiger partial charge in [0.1, 0.15) is 0 Å². The molecule has 0 aromatic heterocycles. The van der Waals surface area contributed by atoms with Crippen LogP contribution in [0.25, 0.3) is 0 Å². The van der Waals surface area contributed by atoms with Crippen molar-refractivity contribution in [2.24, 2.45) is 0 Å². The molecule has 1 aromatic rings. The highest BCUT2D eigenvalue weighted by Gasteiger charge is 2.05. The van der Waals surface area contributed by atoms with E-state index in [9.17, 15) is 9.59 Å². The number of nitrogens with one attached hydrogen (secondary N) is 2. The third-order valence-corrected chi connectivity index (χ3v) is 2.29. The van der Waals surface area contributed by atoms with Crippen molar-refractivity contribution in [3.63, 3.8) is 0 Å². The van der Waals surface area contributed by atoms with E-state index >= 15 is 0 Å². The first-order valence-electron chi connectivity index (χ1n) is 5.48. The lowest BCUT2D eigenvalue weighted by molar-refractivity contribution is -0.120. The summed E-state index contributed by atoms with van der Waals surface area (Å²) in [5.41, 5.74) is 6.67. The predicted octanol–water partition coefficient (Wildman–Crippen LogP) is 0.525. The molecule has 5 nitrogen and oxygen atoms in total. The Labute approximate surface area is 100 Å². The van der Waals surface area contributed by atoms with Gasteiger partial charge in [-0.05, 0) is 24.6 Å². The fourth-order valence-corrected chi connectivity index (χ4v) is 1.36. The molecule has 0 fully saturated rings. The summed E-state index contributed by atoms with van der Waals surface area (Å²) in [6, 6.07) is 6.77. The number of carbonyl (C=O) groups excluding carboxylic acids is 2. The van der Waals surface area contributed by atoms with Gasteiger partial charge in [-0.1, -0.05) is 6.07 Å². The van der Waals surface area contributed by atoms with E-state index < -0.39 is 0 Å². The van der Waals surface area contributed by atoms with Gasteiger partial charge in [0.15, 0.2) is 0 Å². The predicted molar refractivity (Wildman–Crippen MR) is 66.5 cm³/mol. The van der Waals surface area contributed by atoms with Crippen molar-refractivity contribution >= 4 is 17.5 Å². The van der Waals surface area contributed by atoms with Crippen LogP contribution in [0.3, 0.4) is 0 Å². The topological polar surface area (TPSA) is 84.2 Å². The molecule has 5 heteroatoms. The fourth-order valence-electron chi connectivity index (χ4n) is 1.36. The Balaban J connectivity index is 2.33. The first-order chi connectivity index (χ1) is 8.13. The maximum absolute atomic E-state index is 11.6. The van der Waals surface area contributed by atoms with E-state index in [-0.39, 0.29) is 11.8 Å². The largest absolute Gasteiger partial charge is 0.399 e. The van der Waals surface area contributed by atoms with Crippen LogP contribution in [0.5, 0.6) is 0 Å². The normalized spacial score (nSPS) is 9.71. The van der Waals surface area contributed by atoms with Crippen molar-refractivity contribution in [1.82, 2.24) is 10.6 Å².